The highest BCUT2D eigenvalue weighted by Crippen LogP contribution is 2.30. The van der Waals surface area contributed by atoms with Crippen molar-refractivity contribution in [1.82, 2.24) is 4.90 Å². The van der Waals surface area contributed by atoms with Gasteiger partial charge in [0, 0.05) is 11.3 Å². The van der Waals surface area contributed by atoms with Crippen molar-refractivity contribution < 1.29 is 14.7 Å². The second-order valence-electron chi connectivity index (χ2n) is 3.47. The lowest BCUT2D eigenvalue weighted by atomic mass is 10.2. The summed E-state index contributed by atoms with van der Waals surface area (Å²) in [5.74, 6) is -1.24. The zero-order valence-corrected chi connectivity index (χ0v) is 11.1. The van der Waals surface area contributed by atoms with Crippen LogP contribution in [0.1, 0.15) is 4.88 Å². The third-order valence-corrected chi connectivity index (χ3v) is 4.75. The first kappa shape index (κ1) is 12.5. The zero-order valence-electron chi connectivity index (χ0n) is 8.66. The molecular weight excluding hydrogens is 278 g/mol. The summed E-state index contributed by atoms with van der Waals surface area (Å²) in [7, 11) is 0. The third-order valence-electron chi connectivity index (χ3n) is 2.26. The topological polar surface area (TPSA) is 57.6 Å². The van der Waals surface area contributed by atoms with Gasteiger partial charge < -0.3 is 5.11 Å². The van der Waals surface area contributed by atoms with E-state index in [4.69, 9.17) is 17.3 Å². The van der Waals surface area contributed by atoms with Crippen molar-refractivity contribution in [1.29, 1.82) is 0 Å². The van der Waals surface area contributed by atoms with Crippen LogP contribution in [0.15, 0.2) is 17.5 Å². The minimum absolute atomic E-state index is 0.198. The highest BCUT2D eigenvalue weighted by Gasteiger charge is 2.37. The molecule has 1 unspecified atom stereocenters. The molecule has 0 radical (unpaired) electrons. The summed E-state index contributed by atoms with van der Waals surface area (Å²) in [6, 6.07) is 3.89. The lowest BCUT2D eigenvalue weighted by Gasteiger charge is -2.11. The van der Waals surface area contributed by atoms with Gasteiger partial charge in [0.2, 0.25) is 5.91 Å². The minimum atomic E-state index is -1.04. The van der Waals surface area contributed by atoms with Crippen LogP contribution in [0.25, 0.3) is 0 Å². The van der Waals surface area contributed by atoms with Crippen molar-refractivity contribution in [2.24, 2.45) is 0 Å². The molecule has 1 N–H and O–H groups in total. The van der Waals surface area contributed by atoms with Gasteiger partial charge in [-0.2, -0.15) is 0 Å². The first-order valence-electron chi connectivity index (χ1n) is 4.84. The van der Waals surface area contributed by atoms with Crippen LogP contribution in [0.5, 0.6) is 0 Å². The van der Waals surface area contributed by atoms with Crippen molar-refractivity contribution in [3.05, 3.63) is 22.4 Å². The zero-order chi connectivity index (χ0) is 12.4. The summed E-state index contributed by atoms with van der Waals surface area (Å²) in [4.78, 5) is 24.8. The predicted molar refractivity (Wildman–Crippen MR) is 71.3 cm³/mol. The molecule has 1 saturated heterocycles. The maximum Gasteiger partial charge on any atom is 0.323 e. The number of thiocarbonyl (C=S) groups is 1. The average Bonchev–Trinajstić information content (AvgIpc) is 2.83. The van der Waals surface area contributed by atoms with E-state index in [-0.39, 0.29) is 17.7 Å². The summed E-state index contributed by atoms with van der Waals surface area (Å²) in [6.07, 6.45) is 0.609. The van der Waals surface area contributed by atoms with Gasteiger partial charge in [-0.25, -0.2) is 0 Å². The molecule has 1 aliphatic rings. The number of amides is 1. The van der Waals surface area contributed by atoms with E-state index >= 15 is 0 Å². The predicted octanol–water partition coefficient (Wildman–Crippen LogP) is 1.60. The number of carboxylic acids is 1. The Bertz CT molecular complexity index is 457. The summed E-state index contributed by atoms with van der Waals surface area (Å²) < 4.78 is 0.360. The fourth-order valence-corrected chi connectivity index (χ4v) is 3.89. The first-order valence-corrected chi connectivity index (χ1v) is 7.01. The molecule has 0 bridgehead atoms. The number of carboxylic acid groups (broad SMARTS) is 1. The SMILES string of the molecule is O=C(O)CN1C(=O)C(Cc2cccs2)SC1=S. The molecule has 1 aromatic rings. The number of carbonyl (C=O) groups excluding carboxylic acids is 1. The quantitative estimate of drug-likeness (QED) is 0.853. The molecule has 0 aliphatic carbocycles. The van der Waals surface area contributed by atoms with Gasteiger partial charge >= 0.3 is 5.97 Å². The summed E-state index contributed by atoms with van der Waals surface area (Å²) in [6.45, 7) is -0.342. The fraction of sp³-hybridized carbons (Fsp3) is 0.300. The van der Waals surface area contributed by atoms with Crippen LogP contribution in [-0.2, 0) is 16.0 Å². The molecule has 1 amide bonds. The molecule has 0 aromatic carbocycles. The molecule has 0 saturated carbocycles. The standard InChI is InChI=1S/C10H9NO3S3/c12-8(13)5-11-9(14)7(17-10(11)15)4-6-2-1-3-16-6/h1-3,7H,4-5H2,(H,12,13). The molecule has 90 valence electrons. The number of hydrogen-bond donors (Lipinski definition) is 1. The monoisotopic (exact) mass is 287 g/mol. The van der Waals surface area contributed by atoms with Crippen LogP contribution in [0, 0.1) is 0 Å². The number of carbonyl (C=O) groups is 2. The number of rotatable bonds is 4. The van der Waals surface area contributed by atoms with E-state index in [1.165, 1.54) is 16.7 Å². The van der Waals surface area contributed by atoms with E-state index < -0.39 is 5.97 Å². The minimum Gasteiger partial charge on any atom is -0.480 e. The van der Waals surface area contributed by atoms with Gasteiger partial charge in [-0.3, -0.25) is 14.5 Å². The lowest BCUT2D eigenvalue weighted by Crippen LogP contribution is -2.36. The van der Waals surface area contributed by atoms with Crippen molar-refractivity contribution in [3.8, 4) is 0 Å². The summed E-state index contributed by atoms with van der Waals surface area (Å²) in [5, 5.41) is 10.4. The Morgan fingerprint density at radius 3 is 2.94 bits per heavy atom. The Morgan fingerprint density at radius 2 is 2.35 bits per heavy atom. The second kappa shape index (κ2) is 5.16. The van der Waals surface area contributed by atoms with E-state index in [0.717, 1.165) is 4.88 Å². The Hall–Kier alpha value is -0.920. The van der Waals surface area contributed by atoms with Crippen LogP contribution in [0.3, 0.4) is 0 Å². The van der Waals surface area contributed by atoms with Gasteiger partial charge in [-0.1, -0.05) is 30.0 Å². The smallest absolute Gasteiger partial charge is 0.323 e. The van der Waals surface area contributed by atoms with Crippen LogP contribution in [0.2, 0.25) is 0 Å². The Balaban J connectivity index is 2.05. The largest absolute Gasteiger partial charge is 0.480 e. The first-order chi connectivity index (χ1) is 8.08. The number of hydrogen-bond acceptors (Lipinski definition) is 5. The van der Waals surface area contributed by atoms with Crippen LogP contribution in [-0.4, -0.2) is 38.0 Å². The van der Waals surface area contributed by atoms with Gasteiger partial charge in [-0.15, -0.1) is 11.3 Å². The highest BCUT2D eigenvalue weighted by atomic mass is 32.2. The maximum absolute atomic E-state index is 11.9. The molecule has 7 heteroatoms. The van der Waals surface area contributed by atoms with Crippen LogP contribution >= 0.6 is 35.3 Å². The number of nitrogens with zero attached hydrogens (tertiary/aromatic N) is 1. The van der Waals surface area contributed by atoms with Crippen molar-refractivity contribution in [2.75, 3.05) is 6.54 Å². The Morgan fingerprint density at radius 1 is 1.59 bits per heavy atom. The van der Waals surface area contributed by atoms with Gasteiger partial charge in [-0.05, 0) is 11.4 Å². The summed E-state index contributed by atoms with van der Waals surface area (Å²) in [5.41, 5.74) is 0. The van der Waals surface area contributed by atoms with Gasteiger partial charge in [0.15, 0.2) is 0 Å². The second-order valence-corrected chi connectivity index (χ2v) is 6.34. The number of thiophene rings is 1. The molecule has 17 heavy (non-hydrogen) atoms. The Labute approximate surface area is 112 Å². The molecule has 1 fully saturated rings. The summed E-state index contributed by atoms with van der Waals surface area (Å²) >= 11 is 7.87. The van der Waals surface area contributed by atoms with Crippen molar-refractivity contribution >= 4 is 51.5 Å². The van der Waals surface area contributed by atoms with E-state index in [9.17, 15) is 9.59 Å². The van der Waals surface area contributed by atoms with Gasteiger partial charge in [0.05, 0.1) is 5.25 Å². The molecule has 1 atom stereocenters. The van der Waals surface area contributed by atoms with E-state index in [2.05, 4.69) is 0 Å². The van der Waals surface area contributed by atoms with Crippen molar-refractivity contribution in [3.63, 3.8) is 0 Å². The lowest BCUT2D eigenvalue weighted by molar-refractivity contribution is -0.141. The Kier molecular flexibility index (Phi) is 3.80. The molecule has 0 spiro atoms. The van der Waals surface area contributed by atoms with Gasteiger partial charge in [0.1, 0.15) is 10.9 Å². The van der Waals surface area contributed by atoms with E-state index in [1.54, 1.807) is 11.3 Å². The molecule has 2 heterocycles. The number of thioether (sulfide) groups is 1. The molecule has 1 aliphatic heterocycles. The normalized spacial score (nSPS) is 20.0. The van der Waals surface area contributed by atoms with Gasteiger partial charge in [0.25, 0.3) is 0 Å². The third kappa shape index (κ3) is 2.85. The molecular formula is C10H9NO3S3. The van der Waals surface area contributed by atoms with E-state index in [0.29, 0.717) is 10.7 Å². The maximum atomic E-state index is 11.9. The highest BCUT2D eigenvalue weighted by molar-refractivity contribution is 8.24. The molecule has 4 nitrogen and oxygen atoms in total. The van der Waals surface area contributed by atoms with Crippen LogP contribution < -0.4 is 0 Å². The fourth-order valence-electron chi connectivity index (χ4n) is 1.52. The molecule has 1 aromatic heterocycles. The average molecular weight is 287 g/mol. The van der Waals surface area contributed by atoms with Crippen LogP contribution in [0.4, 0.5) is 0 Å². The number of aliphatic carboxylic acids is 1. The molecule has 2 rings (SSSR count). The van der Waals surface area contributed by atoms with E-state index in [1.807, 2.05) is 17.5 Å². The van der Waals surface area contributed by atoms with Crippen molar-refractivity contribution in [2.45, 2.75) is 11.7 Å².